The minimum Gasteiger partial charge on any atom is -0.326 e. The lowest BCUT2D eigenvalue weighted by atomic mass is 10.7. The second-order valence-electron chi connectivity index (χ2n) is 1.23. The normalized spacial score (nSPS) is 17.0. The van der Waals surface area contributed by atoms with Gasteiger partial charge in [0.15, 0.2) is 0 Å². The van der Waals surface area contributed by atoms with Crippen LogP contribution in [0, 0.1) is 0 Å². The van der Waals surface area contributed by atoms with Gasteiger partial charge in [0.1, 0.15) is 0 Å². The highest BCUT2D eigenvalue weighted by molar-refractivity contribution is 7.97. The topological polar surface area (TPSA) is 3.24 Å². The van der Waals surface area contributed by atoms with Gasteiger partial charge in [-0.15, -0.1) is 12.4 Å². The maximum absolute atomic E-state index is 2.14. The van der Waals surface area contributed by atoms with Crippen LogP contribution in [-0.2, 0) is 0 Å². The predicted molar refractivity (Wildman–Crippen MR) is 36.6 cm³/mol. The maximum Gasteiger partial charge on any atom is 0.0331 e. The van der Waals surface area contributed by atoms with E-state index in [1.807, 2.05) is 19.0 Å². The molecule has 1 aliphatic heterocycles. The van der Waals surface area contributed by atoms with Gasteiger partial charge in [0.2, 0.25) is 0 Å². The fourth-order valence-corrected chi connectivity index (χ4v) is 0.975. The molecule has 7 heavy (non-hydrogen) atoms. The first kappa shape index (κ1) is 7.18. The van der Waals surface area contributed by atoms with Crippen LogP contribution >= 0.6 is 24.4 Å². The van der Waals surface area contributed by atoms with Crippen molar-refractivity contribution in [2.24, 2.45) is 0 Å². The van der Waals surface area contributed by atoms with E-state index in [0.29, 0.717) is 0 Å². The number of hydrogen-bond donors (Lipinski definition) is 0. The van der Waals surface area contributed by atoms with Gasteiger partial charge in [-0.25, -0.2) is 0 Å². The van der Waals surface area contributed by atoms with Gasteiger partial charge in [0.25, 0.3) is 0 Å². The van der Waals surface area contributed by atoms with E-state index < -0.39 is 0 Å². The summed E-state index contributed by atoms with van der Waals surface area (Å²) in [5, 5.41) is 0. The van der Waals surface area contributed by atoms with Crippen LogP contribution in [0.3, 0.4) is 0 Å². The molecule has 0 N–H and O–H groups in total. The Labute approximate surface area is 54.3 Å². The molecule has 0 bridgehead atoms. The molecule has 1 aliphatic rings. The molecule has 0 spiro atoms. The van der Waals surface area contributed by atoms with Crippen LogP contribution in [0.1, 0.15) is 0 Å². The van der Waals surface area contributed by atoms with Crippen molar-refractivity contribution >= 4 is 24.4 Å². The summed E-state index contributed by atoms with van der Waals surface area (Å²) in [5.41, 5.74) is 0. The lowest BCUT2D eigenvalue weighted by molar-refractivity contribution is 0.789. The molecule has 0 aromatic rings. The predicted octanol–water partition coefficient (Wildman–Crippen LogP) is 1.52. The average Bonchev–Trinajstić information content (AvgIpc) is 1.86. The quantitative estimate of drug-likeness (QED) is 0.466. The summed E-state index contributed by atoms with van der Waals surface area (Å²) in [6.07, 6.45) is 4.22. The molecular formula is C4H8ClNS. The van der Waals surface area contributed by atoms with E-state index in [2.05, 4.69) is 16.6 Å². The maximum atomic E-state index is 2.14. The van der Waals surface area contributed by atoms with Gasteiger partial charge in [-0.2, -0.15) is 0 Å². The lowest BCUT2D eigenvalue weighted by Crippen LogP contribution is -1.90. The van der Waals surface area contributed by atoms with Crippen molar-refractivity contribution in [3.63, 3.8) is 0 Å². The standard InChI is InChI=1S/C4H7NS.ClH/c1-5-3-2-4-6-5;/h2-3H,4H2,1H3;1H. The Kier molecular flexibility index (Phi) is 3.30. The lowest BCUT2D eigenvalue weighted by Gasteiger charge is -2.00. The molecule has 0 aromatic heterocycles. The van der Waals surface area contributed by atoms with E-state index in [1.54, 1.807) is 0 Å². The zero-order valence-corrected chi connectivity index (χ0v) is 5.76. The molecule has 1 rings (SSSR count). The third-order valence-electron chi connectivity index (χ3n) is 0.690. The fourth-order valence-electron chi connectivity index (χ4n) is 0.395. The Morgan fingerprint density at radius 2 is 2.43 bits per heavy atom. The fraction of sp³-hybridized carbons (Fsp3) is 0.500. The summed E-state index contributed by atoms with van der Waals surface area (Å²) in [6, 6.07) is 0. The SMILES string of the molecule is CN1C=CCS1.Cl. The largest absolute Gasteiger partial charge is 0.326 e. The Morgan fingerprint density at radius 1 is 1.71 bits per heavy atom. The molecule has 0 amide bonds. The summed E-state index contributed by atoms with van der Waals surface area (Å²) < 4.78 is 2.10. The van der Waals surface area contributed by atoms with Gasteiger partial charge in [0, 0.05) is 19.0 Å². The summed E-state index contributed by atoms with van der Waals surface area (Å²) >= 11 is 1.82. The van der Waals surface area contributed by atoms with E-state index in [-0.39, 0.29) is 12.4 Å². The second kappa shape index (κ2) is 3.22. The molecule has 0 aliphatic carbocycles. The monoisotopic (exact) mass is 137 g/mol. The van der Waals surface area contributed by atoms with E-state index in [1.165, 1.54) is 0 Å². The highest BCUT2D eigenvalue weighted by atomic mass is 35.5. The summed E-state index contributed by atoms with van der Waals surface area (Å²) in [4.78, 5) is 0. The summed E-state index contributed by atoms with van der Waals surface area (Å²) in [6.45, 7) is 0. The van der Waals surface area contributed by atoms with Gasteiger partial charge < -0.3 is 4.31 Å². The molecule has 0 radical (unpaired) electrons. The van der Waals surface area contributed by atoms with Crippen molar-refractivity contribution in [3.05, 3.63) is 12.3 Å². The van der Waals surface area contributed by atoms with Gasteiger partial charge in [-0.05, 0) is 11.9 Å². The van der Waals surface area contributed by atoms with E-state index in [9.17, 15) is 0 Å². The van der Waals surface area contributed by atoms with Crippen molar-refractivity contribution in [2.75, 3.05) is 12.8 Å². The highest BCUT2D eigenvalue weighted by Gasteiger charge is 1.93. The van der Waals surface area contributed by atoms with Gasteiger partial charge in [0.05, 0.1) is 0 Å². The van der Waals surface area contributed by atoms with Crippen LogP contribution in [0.2, 0.25) is 0 Å². The van der Waals surface area contributed by atoms with Crippen molar-refractivity contribution in [2.45, 2.75) is 0 Å². The average molecular weight is 138 g/mol. The van der Waals surface area contributed by atoms with Crippen LogP contribution in [-0.4, -0.2) is 17.1 Å². The molecule has 3 heteroatoms. The van der Waals surface area contributed by atoms with Crippen LogP contribution < -0.4 is 0 Å². The van der Waals surface area contributed by atoms with Gasteiger partial charge >= 0.3 is 0 Å². The molecule has 1 heterocycles. The third-order valence-corrected chi connectivity index (χ3v) is 1.56. The molecule has 0 fully saturated rings. The highest BCUT2D eigenvalue weighted by Crippen LogP contribution is 2.12. The Bertz CT molecular complexity index is 74.1. The first-order valence-electron chi connectivity index (χ1n) is 1.92. The van der Waals surface area contributed by atoms with Crippen molar-refractivity contribution in [1.29, 1.82) is 0 Å². The molecule has 0 aromatic carbocycles. The third kappa shape index (κ3) is 2.09. The second-order valence-corrected chi connectivity index (χ2v) is 2.39. The Balaban J connectivity index is 0.000000360. The summed E-state index contributed by atoms with van der Waals surface area (Å²) in [7, 11) is 2.05. The first-order valence-corrected chi connectivity index (χ1v) is 2.86. The Morgan fingerprint density at radius 3 is 2.57 bits per heavy atom. The van der Waals surface area contributed by atoms with E-state index in [4.69, 9.17) is 0 Å². The number of halogens is 1. The zero-order valence-electron chi connectivity index (χ0n) is 4.13. The number of rotatable bonds is 0. The van der Waals surface area contributed by atoms with E-state index in [0.717, 1.165) is 5.75 Å². The number of hydrogen-bond acceptors (Lipinski definition) is 2. The molecule has 1 nitrogen and oxygen atoms in total. The molecule has 0 saturated heterocycles. The van der Waals surface area contributed by atoms with Crippen molar-refractivity contribution in [1.82, 2.24) is 4.31 Å². The minimum atomic E-state index is 0. The van der Waals surface area contributed by atoms with Gasteiger partial charge in [-0.1, -0.05) is 6.08 Å². The van der Waals surface area contributed by atoms with Crippen LogP contribution in [0.15, 0.2) is 12.3 Å². The van der Waals surface area contributed by atoms with Crippen LogP contribution in [0.4, 0.5) is 0 Å². The molecular weight excluding hydrogens is 130 g/mol. The number of nitrogens with zero attached hydrogens (tertiary/aromatic N) is 1. The van der Waals surface area contributed by atoms with Gasteiger partial charge in [-0.3, -0.25) is 0 Å². The van der Waals surface area contributed by atoms with Crippen molar-refractivity contribution < 1.29 is 0 Å². The minimum absolute atomic E-state index is 0. The Hall–Kier alpha value is 0.180. The van der Waals surface area contributed by atoms with Crippen LogP contribution in [0.5, 0.6) is 0 Å². The molecule has 0 atom stereocenters. The smallest absolute Gasteiger partial charge is 0.0331 e. The zero-order chi connectivity index (χ0) is 4.41. The van der Waals surface area contributed by atoms with Crippen molar-refractivity contribution in [3.8, 4) is 0 Å². The first-order chi connectivity index (χ1) is 2.89. The molecule has 42 valence electrons. The van der Waals surface area contributed by atoms with Crippen LogP contribution in [0.25, 0.3) is 0 Å². The molecule has 0 saturated carbocycles. The molecule has 0 unspecified atom stereocenters. The summed E-state index contributed by atoms with van der Waals surface area (Å²) in [5.74, 6) is 1.15. The van der Waals surface area contributed by atoms with E-state index >= 15 is 0 Å².